The van der Waals surface area contributed by atoms with E-state index in [1.165, 1.54) is 25.7 Å². The second-order valence-corrected chi connectivity index (χ2v) is 4.94. The number of aliphatic hydroxyl groups excluding tert-OH is 1. The van der Waals surface area contributed by atoms with Crippen LogP contribution in [0.5, 0.6) is 0 Å². The van der Waals surface area contributed by atoms with Gasteiger partial charge in [0.2, 0.25) is 0 Å². The SMILES string of the molecule is CCCCC/C=C/C/C=C/CC/C=C/CCCCO. The van der Waals surface area contributed by atoms with Crippen LogP contribution >= 0.6 is 0 Å². The molecular weight excluding hydrogens is 232 g/mol. The normalized spacial score (nSPS) is 12.3. The van der Waals surface area contributed by atoms with Crippen LogP contribution in [-0.2, 0) is 0 Å². The largest absolute Gasteiger partial charge is 0.396 e. The lowest BCUT2D eigenvalue weighted by atomic mass is 10.2. The zero-order valence-electron chi connectivity index (χ0n) is 12.7. The van der Waals surface area contributed by atoms with Crippen LogP contribution in [0.25, 0.3) is 0 Å². The van der Waals surface area contributed by atoms with E-state index in [0.29, 0.717) is 6.61 Å². The average Bonchev–Trinajstić information content (AvgIpc) is 2.43. The van der Waals surface area contributed by atoms with Gasteiger partial charge in [-0.2, -0.15) is 0 Å². The highest BCUT2D eigenvalue weighted by Crippen LogP contribution is 2.02. The summed E-state index contributed by atoms with van der Waals surface area (Å²) < 4.78 is 0. The average molecular weight is 264 g/mol. The standard InChI is InChI=1S/C18H32O/c1-2-3-4-5-6-7-8-9-10-11-12-13-14-15-16-17-18-19/h6-7,9-10,13-14,19H,2-5,8,11-12,15-18H2,1H3/b7-6+,10-9+,14-13+. The molecule has 0 aromatic rings. The Kier molecular flexibility index (Phi) is 16.4. The molecule has 0 saturated heterocycles. The van der Waals surface area contributed by atoms with Crippen molar-refractivity contribution in [3.63, 3.8) is 0 Å². The van der Waals surface area contributed by atoms with E-state index in [4.69, 9.17) is 5.11 Å². The highest BCUT2D eigenvalue weighted by atomic mass is 16.2. The summed E-state index contributed by atoms with van der Waals surface area (Å²) in [5.41, 5.74) is 0. The van der Waals surface area contributed by atoms with E-state index >= 15 is 0 Å². The third kappa shape index (κ3) is 17.2. The van der Waals surface area contributed by atoms with Crippen LogP contribution in [-0.4, -0.2) is 11.7 Å². The molecule has 0 saturated carbocycles. The lowest BCUT2D eigenvalue weighted by molar-refractivity contribution is 0.285. The van der Waals surface area contributed by atoms with Gasteiger partial charge in [0.05, 0.1) is 0 Å². The molecule has 1 nitrogen and oxygen atoms in total. The molecular formula is C18H32O. The Bertz CT molecular complexity index is 238. The van der Waals surface area contributed by atoms with Gasteiger partial charge in [-0.25, -0.2) is 0 Å². The first-order valence-electron chi connectivity index (χ1n) is 7.97. The van der Waals surface area contributed by atoms with Gasteiger partial charge in [0.25, 0.3) is 0 Å². The molecule has 0 rings (SSSR count). The first-order chi connectivity index (χ1) is 9.41. The molecule has 0 spiro atoms. The smallest absolute Gasteiger partial charge is 0.0431 e. The monoisotopic (exact) mass is 264 g/mol. The van der Waals surface area contributed by atoms with E-state index in [0.717, 1.165) is 38.5 Å². The van der Waals surface area contributed by atoms with Gasteiger partial charge < -0.3 is 5.11 Å². The van der Waals surface area contributed by atoms with E-state index < -0.39 is 0 Å². The molecule has 0 aliphatic heterocycles. The van der Waals surface area contributed by atoms with Crippen LogP contribution in [0.1, 0.15) is 71.1 Å². The van der Waals surface area contributed by atoms with Crippen LogP contribution in [0.3, 0.4) is 0 Å². The summed E-state index contributed by atoms with van der Waals surface area (Å²) in [7, 11) is 0. The Morgan fingerprint density at radius 3 is 1.79 bits per heavy atom. The minimum Gasteiger partial charge on any atom is -0.396 e. The molecule has 0 aromatic carbocycles. The van der Waals surface area contributed by atoms with E-state index in [2.05, 4.69) is 43.4 Å². The molecule has 0 bridgehead atoms. The van der Waals surface area contributed by atoms with Crippen molar-refractivity contribution in [2.45, 2.75) is 71.1 Å². The number of aliphatic hydroxyl groups is 1. The minimum absolute atomic E-state index is 0.322. The first kappa shape index (κ1) is 18.2. The third-order valence-corrected chi connectivity index (χ3v) is 3.03. The molecule has 0 aliphatic carbocycles. The van der Waals surface area contributed by atoms with Crippen LogP contribution < -0.4 is 0 Å². The predicted molar refractivity (Wildman–Crippen MR) is 86.3 cm³/mol. The van der Waals surface area contributed by atoms with Crippen molar-refractivity contribution in [1.29, 1.82) is 0 Å². The maximum atomic E-state index is 8.63. The van der Waals surface area contributed by atoms with E-state index in [1.54, 1.807) is 0 Å². The van der Waals surface area contributed by atoms with Gasteiger partial charge in [0, 0.05) is 6.61 Å². The fraction of sp³-hybridized carbons (Fsp3) is 0.667. The molecule has 0 fully saturated rings. The minimum atomic E-state index is 0.322. The molecule has 1 heteroatoms. The molecule has 1 N–H and O–H groups in total. The highest BCUT2D eigenvalue weighted by Gasteiger charge is 1.83. The van der Waals surface area contributed by atoms with Crippen molar-refractivity contribution in [1.82, 2.24) is 0 Å². The summed E-state index contributed by atoms with van der Waals surface area (Å²) in [6.45, 7) is 2.57. The lowest BCUT2D eigenvalue weighted by Gasteiger charge is -1.92. The van der Waals surface area contributed by atoms with Gasteiger partial charge in [-0.05, 0) is 51.4 Å². The van der Waals surface area contributed by atoms with Crippen LogP contribution in [0, 0.1) is 0 Å². The highest BCUT2D eigenvalue weighted by molar-refractivity contribution is 4.94. The van der Waals surface area contributed by atoms with Crippen molar-refractivity contribution < 1.29 is 5.11 Å². The van der Waals surface area contributed by atoms with Crippen LogP contribution in [0.2, 0.25) is 0 Å². The zero-order chi connectivity index (χ0) is 14.0. The first-order valence-corrected chi connectivity index (χ1v) is 7.97. The molecule has 0 aromatic heterocycles. The number of unbranched alkanes of at least 4 members (excludes halogenated alkanes) is 6. The fourth-order valence-corrected chi connectivity index (χ4v) is 1.82. The quantitative estimate of drug-likeness (QED) is 0.340. The molecule has 0 radical (unpaired) electrons. The number of allylic oxidation sites excluding steroid dienone is 6. The van der Waals surface area contributed by atoms with E-state index in [1.807, 2.05) is 0 Å². The molecule has 0 atom stereocenters. The summed E-state index contributed by atoms with van der Waals surface area (Å²) >= 11 is 0. The lowest BCUT2D eigenvalue weighted by Crippen LogP contribution is -1.80. The number of rotatable bonds is 13. The maximum absolute atomic E-state index is 8.63. The summed E-state index contributed by atoms with van der Waals surface area (Å²) in [6.07, 6.45) is 25.3. The summed E-state index contributed by atoms with van der Waals surface area (Å²) in [5.74, 6) is 0. The van der Waals surface area contributed by atoms with Gasteiger partial charge in [0.1, 0.15) is 0 Å². The number of hydrogen-bond donors (Lipinski definition) is 1. The van der Waals surface area contributed by atoms with Gasteiger partial charge >= 0.3 is 0 Å². The van der Waals surface area contributed by atoms with Gasteiger partial charge in [-0.1, -0.05) is 56.2 Å². The molecule has 0 heterocycles. The van der Waals surface area contributed by atoms with Gasteiger partial charge in [0.15, 0.2) is 0 Å². The predicted octanol–water partition coefficient (Wildman–Crippen LogP) is 5.57. The maximum Gasteiger partial charge on any atom is 0.0431 e. The van der Waals surface area contributed by atoms with E-state index in [-0.39, 0.29) is 0 Å². The van der Waals surface area contributed by atoms with Crippen molar-refractivity contribution in [2.75, 3.05) is 6.61 Å². The molecule has 110 valence electrons. The molecule has 0 amide bonds. The Hall–Kier alpha value is -0.820. The Labute approximate surface area is 120 Å². The van der Waals surface area contributed by atoms with Crippen molar-refractivity contribution in [3.05, 3.63) is 36.5 Å². The Morgan fingerprint density at radius 2 is 1.16 bits per heavy atom. The summed E-state index contributed by atoms with van der Waals surface area (Å²) in [6, 6.07) is 0. The number of hydrogen-bond acceptors (Lipinski definition) is 1. The van der Waals surface area contributed by atoms with Crippen LogP contribution in [0.4, 0.5) is 0 Å². The third-order valence-electron chi connectivity index (χ3n) is 3.03. The summed E-state index contributed by atoms with van der Waals surface area (Å²) in [4.78, 5) is 0. The molecule has 19 heavy (non-hydrogen) atoms. The van der Waals surface area contributed by atoms with E-state index in [9.17, 15) is 0 Å². The molecule has 0 aliphatic rings. The Balaban J connectivity index is 3.25. The topological polar surface area (TPSA) is 20.2 Å². The zero-order valence-corrected chi connectivity index (χ0v) is 12.7. The van der Waals surface area contributed by atoms with Crippen molar-refractivity contribution >= 4 is 0 Å². The summed E-state index contributed by atoms with van der Waals surface area (Å²) in [5, 5.41) is 8.63. The van der Waals surface area contributed by atoms with Crippen molar-refractivity contribution in [2.24, 2.45) is 0 Å². The Morgan fingerprint density at radius 1 is 0.632 bits per heavy atom. The second-order valence-electron chi connectivity index (χ2n) is 4.94. The van der Waals surface area contributed by atoms with Gasteiger partial charge in [-0.15, -0.1) is 0 Å². The van der Waals surface area contributed by atoms with Gasteiger partial charge in [-0.3, -0.25) is 0 Å². The van der Waals surface area contributed by atoms with Crippen LogP contribution in [0.15, 0.2) is 36.5 Å². The fourth-order valence-electron chi connectivity index (χ4n) is 1.82. The van der Waals surface area contributed by atoms with Crippen molar-refractivity contribution in [3.8, 4) is 0 Å². The second kappa shape index (κ2) is 17.2. The molecule has 0 unspecified atom stereocenters.